The van der Waals surface area contributed by atoms with Gasteiger partial charge in [0.25, 0.3) is 0 Å². The number of carbonyl (C=O) groups excluding carboxylic acids is 2. The molecule has 3 rings (SSSR count). The Hall–Kier alpha value is -1.64. The van der Waals surface area contributed by atoms with Gasteiger partial charge in [0.05, 0.1) is 25.4 Å². The van der Waals surface area contributed by atoms with Crippen LogP contribution in [0.25, 0.3) is 0 Å². The number of nitrogens with one attached hydrogen (secondary N) is 1. The molecule has 182 valence electrons. The van der Waals surface area contributed by atoms with Gasteiger partial charge in [-0.05, 0) is 55.8 Å². The number of hydrogen-bond acceptors (Lipinski definition) is 6. The molecule has 3 aliphatic rings. The van der Waals surface area contributed by atoms with Crippen LogP contribution in [-0.2, 0) is 9.53 Å². The van der Waals surface area contributed by atoms with Crippen molar-refractivity contribution < 1.29 is 29.6 Å². The van der Waals surface area contributed by atoms with Crippen LogP contribution in [0.3, 0.4) is 0 Å². The number of amides is 2. The monoisotopic (exact) mass is 452 g/mol. The highest BCUT2D eigenvalue weighted by molar-refractivity contribution is 5.77. The summed E-state index contributed by atoms with van der Waals surface area (Å²) in [6.07, 6.45) is 4.47. The molecule has 3 fully saturated rings. The lowest BCUT2D eigenvalue weighted by Crippen LogP contribution is -2.61. The lowest BCUT2D eigenvalue weighted by molar-refractivity contribution is -0.187. The Morgan fingerprint density at radius 1 is 1.22 bits per heavy atom. The van der Waals surface area contributed by atoms with Crippen molar-refractivity contribution in [2.24, 2.45) is 22.7 Å². The fraction of sp³-hybridized carbons (Fsp3) is 0.833. The number of carbonyl (C=O) groups is 2. The molecule has 8 heteroatoms. The molecule has 0 spiro atoms. The number of nitrogens with zero attached hydrogens (tertiary/aromatic N) is 1. The van der Waals surface area contributed by atoms with E-state index in [0.717, 1.165) is 12.8 Å². The lowest BCUT2D eigenvalue weighted by Gasteiger charge is -2.60. The molecule has 0 aromatic heterocycles. The van der Waals surface area contributed by atoms with Gasteiger partial charge in [0, 0.05) is 24.9 Å². The smallest absolute Gasteiger partial charge is 0.407 e. The van der Waals surface area contributed by atoms with E-state index in [1.54, 1.807) is 11.0 Å². The van der Waals surface area contributed by atoms with Crippen molar-refractivity contribution in [1.82, 2.24) is 10.2 Å². The second-order valence-electron chi connectivity index (χ2n) is 10.3. The van der Waals surface area contributed by atoms with Crippen molar-refractivity contribution in [1.29, 1.82) is 0 Å². The first kappa shape index (κ1) is 25.0. The topological polar surface area (TPSA) is 119 Å². The van der Waals surface area contributed by atoms with E-state index in [4.69, 9.17) is 4.74 Å². The molecule has 0 aromatic carbocycles. The summed E-state index contributed by atoms with van der Waals surface area (Å²) in [5.41, 5.74) is -1.03. The van der Waals surface area contributed by atoms with E-state index >= 15 is 0 Å². The number of alkyl carbamates (subject to hydrolysis) is 1. The van der Waals surface area contributed by atoms with E-state index < -0.39 is 23.7 Å². The Bertz CT molecular complexity index is 702. The van der Waals surface area contributed by atoms with Crippen molar-refractivity contribution in [3.63, 3.8) is 0 Å². The van der Waals surface area contributed by atoms with Crippen LogP contribution in [0.2, 0.25) is 0 Å². The summed E-state index contributed by atoms with van der Waals surface area (Å²) >= 11 is 0. The van der Waals surface area contributed by atoms with E-state index in [0.29, 0.717) is 38.8 Å². The van der Waals surface area contributed by atoms with Gasteiger partial charge in [0.2, 0.25) is 5.91 Å². The van der Waals surface area contributed by atoms with E-state index in [9.17, 15) is 24.9 Å². The maximum absolute atomic E-state index is 13.2. The Morgan fingerprint density at radius 2 is 1.97 bits per heavy atom. The van der Waals surface area contributed by atoms with E-state index in [1.165, 1.54) is 0 Å². The van der Waals surface area contributed by atoms with Gasteiger partial charge in [0.15, 0.2) is 0 Å². The lowest BCUT2D eigenvalue weighted by atomic mass is 9.46. The van der Waals surface area contributed by atoms with Crippen molar-refractivity contribution in [2.75, 3.05) is 26.3 Å². The van der Waals surface area contributed by atoms with Crippen molar-refractivity contribution in [3.8, 4) is 0 Å². The average Bonchev–Trinajstić information content (AvgIpc) is 3.26. The maximum atomic E-state index is 13.2. The van der Waals surface area contributed by atoms with E-state index in [-0.39, 0.29) is 48.8 Å². The van der Waals surface area contributed by atoms with Crippen LogP contribution in [0.4, 0.5) is 4.79 Å². The summed E-state index contributed by atoms with van der Waals surface area (Å²) in [4.78, 5) is 27.1. The van der Waals surface area contributed by atoms with Gasteiger partial charge in [-0.1, -0.05) is 19.9 Å². The first-order chi connectivity index (χ1) is 15.2. The van der Waals surface area contributed by atoms with Gasteiger partial charge in [0.1, 0.15) is 6.10 Å². The molecule has 2 amide bonds. The van der Waals surface area contributed by atoms with Crippen LogP contribution in [-0.4, -0.2) is 76.8 Å². The minimum absolute atomic E-state index is 0.000582. The first-order valence-electron chi connectivity index (χ1n) is 12.0. The second-order valence-corrected chi connectivity index (χ2v) is 10.3. The molecule has 32 heavy (non-hydrogen) atoms. The molecular formula is C24H40N2O6. The molecule has 0 radical (unpaired) electrons. The second kappa shape index (κ2) is 10.1. The number of aliphatic hydroxyl groups excluding tert-OH is 3. The summed E-state index contributed by atoms with van der Waals surface area (Å²) in [5, 5.41) is 33.6. The molecule has 8 nitrogen and oxygen atoms in total. The minimum Gasteiger partial charge on any atom is -0.446 e. The largest absolute Gasteiger partial charge is 0.446 e. The van der Waals surface area contributed by atoms with Crippen molar-refractivity contribution >= 4 is 12.0 Å². The van der Waals surface area contributed by atoms with Gasteiger partial charge < -0.3 is 30.3 Å². The third kappa shape index (κ3) is 4.54. The molecule has 1 heterocycles. The van der Waals surface area contributed by atoms with Gasteiger partial charge >= 0.3 is 6.09 Å². The highest BCUT2D eigenvalue weighted by atomic mass is 16.6. The minimum atomic E-state index is -0.665. The number of aliphatic hydroxyl groups is 3. The molecule has 1 aliphatic heterocycles. The van der Waals surface area contributed by atoms with Crippen LogP contribution >= 0.6 is 0 Å². The average molecular weight is 453 g/mol. The number of fused-ring (bicyclic) bond motifs is 1. The standard InChI is InChI=1S/C24H40N2O6/c1-4-11-25-22(31)32-20-9-10-23(2)17(13-21(30)26-12-5-6-16(26)14-27)18(29)7-8-19(23)24(20,3)15-28/h4,16-20,27-29H,1,5-15H2,2-3H3,(H,25,31). The molecule has 0 aromatic rings. The molecule has 4 N–H and O–H groups in total. The summed E-state index contributed by atoms with van der Waals surface area (Å²) < 4.78 is 5.72. The number of hydrogen-bond donors (Lipinski definition) is 4. The number of ether oxygens (including phenoxy) is 1. The zero-order valence-corrected chi connectivity index (χ0v) is 19.5. The summed E-state index contributed by atoms with van der Waals surface area (Å²) in [5.74, 6) is -0.255. The zero-order chi connectivity index (χ0) is 23.5. The molecular weight excluding hydrogens is 412 g/mol. The molecule has 2 saturated carbocycles. The van der Waals surface area contributed by atoms with Gasteiger partial charge in [-0.2, -0.15) is 0 Å². The highest BCUT2D eigenvalue weighted by Crippen LogP contribution is 2.61. The fourth-order valence-corrected chi connectivity index (χ4v) is 6.77. The van der Waals surface area contributed by atoms with Gasteiger partial charge in [-0.15, -0.1) is 6.58 Å². The first-order valence-corrected chi connectivity index (χ1v) is 12.0. The van der Waals surface area contributed by atoms with Crippen molar-refractivity contribution in [3.05, 3.63) is 12.7 Å². The van der Waals surface area contributed by atoms with Gasteiger partial charge in [-0.25, -0.2) is 4.79 Å². The quantitative estimate of drug-likeness (QED) is 0.438. The molecule has 7 atom stereocenters. The maximum Gasteiger partial charge on any atom is 0.407 e. The molecule has 7 unspecified atom stereocenters. The number of rotatable bonds is 7. The highest BCUT2D eigenvalue weighted by Gasteiger charge is 2.60. The molecule has 2 aliphatic carbocycles. The van der Waals surface area contributed by atoms with Crippen LogP contribution in [0.5, 0.6) is 0 Å². The number of likely N-dealkylation sites (tertiary alicyclic amines) is 1. The molecule has 0 bridgehead atoms. The summed E-state index contributed by atoms with van der Waals surface area (Å²) in [7, 11) is 0. The van der Waals surface area contributed by atoms with Gasteiger partial charge in [-0.3, -0.25) is 4.79 Å². The van der Waals surface area contributed by atoms with E-state index in [1.807, 2.05) is 6.92 Å². The Labute approximate surface area is 191 Å². The Kier molecular flexibility index (Phi) is 7.89. The predicted molar refractivity (Wildman–Crippen MR) is 120 cm³/mol. The summed E-state index contributed by atoms with van der Waals surface area (Å²) in [6.45, 7) is 8.45. The van der Waals surface area contributed by atoms with Crippen LogP contribution in [0, 0.1) is 22.7 Å². The van der Waals surface area contributed by atoms with Crippen molar-refractivity contribution in [2.45, 2.75) is 77.0 Å². The third-order valence-electron chi connectivity index (χ3n) is 8.62. The van der Waals surface area contributed by atoms with Crippen LogP contribution in [0.15, 0.2) is 12.7 Å². The van der Waals surface area contributed by atoms with Crippen LogP contribution < -0.4 is 5.32 Å². The molecule has 1 saturated heterocycles. The Balaban J connectivity index is 1.79. The summed E-state index contributed by atoms with van der Waals surface area (Å²) in [6, 6.07) is -0.132. The fourth-order valence-electron chi connectivity index (χ4n) is 6.77. The van der Waals surface area contributed by atoms with E-state index in [2.05, 4.69) is 18.8 Å². The van der Waals surface area contributed by atoms with Crippen LogP contribution in [0.1, 0.15) is 58.8 Å². The Morgan fingerprint density at radius 3 is 2.62 bits per heavy atom. The normalized spacial score (nSPS) is 39.3. The predicted octanol–water partition coefficient (Wildman–Crippen LogP) is 1.83. The zero-order valence-electron chi connectivity index (χ0n) is 19.5. The third-order valence-corrected chi connectivity index (χ3v) is 8.62. The SMILES string of the molecule is C=CCNC(=O)OC1CCC2(C)C(CC(=O)N3CCCC3CO)C(O)CCC2C1(C)CO.